The molecule has 0 radical (unpaired) electrons. The van der Waals surface area contributed by atoms with E-state index in [1.807, 2.05) is 7.05 Å². The average Bonchev–Trinajstić information content (AvgIpc) is 3.19. The molecule has 1 saturated carbocycles. The fourth-order valence-electron chi connectivity index (χ4n) is 2.69. The van der Waals surface area contributed by atoms with Crippen LogP contribution in [0.4, 0.5) is 5.69 Å². The van der Waals surface area contributed by atoms with Gasteiger partial charge in [0.2, 0.25) is 0 Å². The first-order chi connectivity index (χ1) is 9.53. The fourth-order valence-corrected chi connectivity index (χ4v) is 4.46. The van der Waals surface area contributed by atoms with E-state index in [4.69, 9.17) is 0 Å². The first-order valence-electron chi connectivity index (χ1n) is 7.29. The summed E-state index contributed by atoms with van der Waals surface area (Å²) in [6, 6.07) is 9.29. The number of benzene rings is 1. The first kappa shape index (κ1) is 13.9. The van der Waals surface area contributed by atoms with Crippen LogP contribution < -0.4 is 10.2 Å². The number of anilines is 1. The average molecular weight is 294 g/mol. The Balaban J connectivity index is 1.61. The molecule has 0 bridgehead atoms. The van der Waals surface area contributed by atoms with E-state index >= 15 is 0 Å². The molecule has 1 aliphatic carbocycles. The summed E-state index contributed by atoms with van der Waals surface area (Å²) in [5.74, 6) is 0.611. The molecule has 5 heteroatoms. The largest absolute Gasteiger partial charge is 0.371 e. The Morgan fingerprint density at radius 1 is 1.20 bits per heavy atom. The third kappa shape index (κ3) is 3.33. The maximum absolute atomic E-state index is 11.6. The van der Waals surface area contributed by atoms with E-state index in [0.29, 0.717) is 5.75 Å². The van der Waals surface area contributed by atoms with E-state index in [2.05, 4.69) is 34.5 Å². The third-order valence-electron chi connectivity index (χ3n) is 4.27. The molecule has 0 amide bonds. The second kappa shape index (κ2) is 5.37. The molecule has 1 N–H and O–H groups in total. The molecular formula is C15H22N2O2S. The van der Waals surface area contributed by atoms with Crippen molar-refractivity contribution in [2.24, 2.45) is 0 Å². The minimum absolute atomic E-state index is 0.121. The maximum Gasteiger partial charge on any atom is 0.152 e. The first-order valence-corrected chi connectivity index (χ1v) is 9.11. The molecule has 1 aliphatic heterocycles. The highest BCUT2D eigenvalue weighted by molar-refractivity contribution is 7.91. The van der Waals surface area contributed by atoms with E-state index < -0.39 is 9.84 Å². The van der Waals surface area contributed by atoms with Gasteiger partial charge in [0, 0.05) is 31.4 Å². The zero-order valence-corrected chi connectivity index (χ0v) is 12.7. The van der Waals surface area contributed by atoms with Gasteiger partial charge >= 0.3 is 0 Å². The molecule has 1 aromatic carbocycles. The summed E-state index contributed by atoms with van der Waals surface area (Å²) in [6.45, 7) is 0.923. The summed E-state index contributed by atoms with van der Waals surface area (Å²) >= 11 is 0. The Morgan fingerprint density at radius 3 is 2.45 bits per heavy atom. The molecule has 0 spiro atoms. The predicted octanol–water partition coefficient (Wildman–Crippen LogP) is 1.56. The van der Waals surface area contributed by atoms with Crippen LogP contribution in [0.2, 0.25) is 0 Å². The zero-order valence-electron chi connectivity index (χ0n) is 11.9. The van der Waals surface area contributed by atoms with Crippen molar-refractivity contribution in [3.63, 3.8) is 0 Å². The van der Waals surface area contributed by atoms with Crippen molar-refractivity contribution in [3.8, 4) is 0 Å². The lowest BCUT2D eigenvalue weighted by Crippen LogP contribution is -2.32. The van der Waals surface area contributed by atoms with Crippen LogP contribution in [0.25, 0.3) is 0 Å². The van der Waals surface area contributed by atoms with Crippen LogP contribution in [-0.2, 0) is 16.4 Å². The summed E-state index contributed by atoms with van der Waals surface area (Å²) < 4.78 is 23.1. The van der Waals surface area contributed by atoms with E-state index in [-0.39, 0.29) is 11.8 Å². The van der Waals surface area contributed by atoms with Gasteiger partial charge in [0.05, 0.1) is 11.5 Å². The van der Waals surface area contributed by atoms with Gasteiger partial charge in [-0.2, -0.15) is 0 Å². The van der Waals surface area contributed by atoms with Crippen molar-refractivity contribution >= 4 is 15.5 Å². The Hall–Kier alpha value is -1.07. The molecule has 1 unspecified atom stereocenters. The van der Waals surface area contributed by atoms with Crippen LogP contribution in [-0.4, -0.2) is 39.1 Å². The molecule has 1 saturated heterocycles. The molecular weight excluding hydrogens is 272 g/mol. The third-order valence-corrected chi connectivity index (χ3v) is 6.02. The van der Waals surface area contributed by atoms with Gasteiger partial charge in [0.1, 0.15) is 0 Å². The Kier molecular flexibility index (Phi) is 3.73. The van der Waals surface area contributed by atoms with Crippen LogP contribution in [0.1, 0.15) is 24.8 Å². The van der Waals surface area contributed by atoms with Crippen LogP contribution in [0.15, 0.2) is 24.3 Å². The highest BCUT2D eigenvalue weighted by atomic mass is 32.2. The van der Waals surface area contributed by atoms with Crippen molar-refractivity contribution in [1.29, 1.82) is 0 Å². The second-order valence-corrected chi connectivity index (χ2v) is 8.22. The molecule has 0 aromatic heterocycles. The smallest absolute Gasteiger partial charge is 0.152 e. The lowest BCUT2D eigenvalue weighted by Gasteiger charge is -2.25. The van der Waals surface area contributed by atoms with Crippen LogP contribution in [0.5, 0.6) is 0 Å². The second-order valence-electron chi connectivity index (χ2n) is 5.99. The number of hydrogen-bond donors (Lipinski definition) is 1. The van der Waals surface area contributed by atoms with Crippen molar-refractivity contribution < 1.29 is 8.42 Å². The van der Waals surface area contributed by atoms with Gasteiger partial charge in [0.15, 0.2) is 9.84 Å². The van der Waals surface area contributed by atoms with Gasteiger partial charge in [-0.3, -0.25) is 0 Å². The predicted molar refractivity (Wildman–Crippen MR) is 81.8 cm³/mol. The van der Waals surface area contributed by atoms with Gasteiger partial charge in [-0.25, -0.2) is 8.42 Å². The summed E-state index contributed by atoms with van der Waals surface area (Å²) in [5, 5.41) is 3.49. The number of nitrogens with zero attached hydrogens (tertiary/aromatic N) is 1. The van der Waals surface area contributed by atoms with Crippen LogP contribution in [0.3, 0.4) is 0 Å². The Labute approximate surface area is 121 Å². The van der Waals surface area contributed by atoms with E-state index in [0.717, 1.165) is 24.7 Å². The molecule has 1 aromatic rings. The van der Waals surface area contributed by atoms with Crippen molar-refractivity contribution in [2.45, 2.75) is 37.9 Å². The minimum Gasteiger partial charge on any atom is -0.371 e. The lowest BCUT2D eigenvalue weighted by atomic mass is 10.1. The Morgan fingerprint density at radius 2 is 1.90 bits per heavy atom. The van der Waals surface area contributed by atoms with E-state index in [1.165, 1.54) is 18.4 Å². The minimum atomic E-state index is -2.82. The molecule has 20 heavy (non-hydrogen) atoms. The van der Waals surface area contributed by atoms with E-state index in [9.17, 15) is 8.42 Å². The number of sulfone groups is 1. The monoisotopic (exact) mass is 294 g/mol. The van der Waals surface area contributed by atoms with Gasteiger partial charge in [0.25, 0.3) is 0 Å². The Bertz CT molecular complexity index is 564. The number of nitrogens with one attached hydrogen (secondary N) is 1. The van der Waals surface area contributed by atoms with Gasteiger partial charge < -0.3 is 10.2 Å². The van der Waals surface area contributed by atoms with Crippen LogP contribution >= 0.6 is 0 Å². The molecule has 4 nitrogen and oxygen atoms in total. The van der Waals surface area contributed by atoms with Crippen molar-refractivity contribution in [1.82, 2.24) is 5.32 Å². The molecule has 2 fully saturated rings. The standard InChI is InChI=1S/C15H22N2O2S/c1-17(15-8-9-20(18,19)11-15)14-6-2-12(3-7-14)10-16-13-4-5-13/h2-3,6-7,13,15-16H,4-5,8-11H2,1H3. The fraction of sp³-hybridized carbons (Fsp3) is 0.600. The molecule has 3 rings (SSSR count). The molecule has 2 aliphatic rings. The number of hydrogen-bond acceptors (Lipinski definition) is 4. The highest BCUT2D eigenvalue weighted by Gasteiger charge is 2.30. The lowest BCUT2D eigenvalue weighted by molar-refractivity contribution is 0.601. The molecule has 110 valence electrons. The van der Waals surface area contributed by atoms with E-state index in [1.54, 1.807) is 0 Å². The summed E-state index contributed by atoms with van der Waals surface area (Å²) in [7, 11) is -0.830. The van der Waals surface area contributed by atoms with Gasteiger partial charge in [-0.05, 0) is 37.0 Å². The quantitative estimate of drug-likeness (QED) is 0.895. The van der Waals surface area contributed by atoms with Gasteiger partial charge in [-0.1, -0.05) is 12.1 Å². The van der Waals surface area contributed by atoms with Crippen LogP contribution in [0, 0.1) is 0 Å². The highest BCUT2D eigenvalue weighted by Crippen LogP contribution is 2.24. The van der Waals surface area contributed by atoms with Crippen molar-refractivity contribution in [3.05, 3.63) is 29.8 Å². The topological polar surface area (TPSA) is 49.4 Å². The van der Waals surface area contributed by atoms with Gasteiger partial charge in [-0.15, -0.1) is 0 Å². The summed E-state index contributed by atoms with van der Waals surface area (Å²) in [4.78, 5) is 2.10. The molecule has 1 atom stereocenters. The SMILES string of the molecule is CN(c1ccc(CNC2CC2)cc1)C1CCS(=O)(=O)C1. The molecule has 1 heterocycles. The van der Waals surface area contributed by atoms with Crippen molar-refractivity contribution in [2.75, 3.05) is 23.5 Å². The normalized spacial score (nSPS) is 24.8. The summed E-state index contributed by atoms with van der Waals surface area (Å²) in [6.07, 6.45) is 3.35. The maximum atomic E-state index is 11.6. The summed E-state index contributed by atoms with van der Waals surface area (Å²) in [5.41, 5.74) is 2.38. The zero-order chi connectivity index (χ0) is 14.2. The number of rotatable bonds is 5.